The number of amides is 1. The number of carbonyl (C=O) groups is 2. The van der Waals surface area contributed by atoms with Crippen LogP contribution in [0.3, 0.4) is 0 Å². The molecular weight excluding hydrogens is 395 g/mol. The van der Waals surface area contributed by atoms with Crippen LogP contribution in [0.4, 0.5) is 13.2 Å². The number of carbonyl (C=O) groups excluding carboxylic acids is 2. The molecule has 0 fully saturated rings. The molecule has 0 saturated carbocycles. The van der Waals surface area contributed by atoms with Gasteiger partial charge in [0.1, 0.15) is 6.04 Å². The first kappa shape index (κ1) is 21.4. The fourth-order valence-corrected chi connectivity index (χ4v) is 3.16. The largest absolute Gasteiger partial charge is 0.471 e. The number of hydrogen-bond donors (Lipinski definition) is 1. The third-order valence-corrected chi connectivity index (χ3v) is 4.58. The maximum absolute atomic E-state index is 12.6. The van der Waals surface area contributed by atoms with E-state index in [1.54, 1.807) is 30.4 Å². The van der Waals surface area contributed by atoms with Crippen molar-refractivity contribution in [3.63, 3.8) is 0 Å². The summed E-state index contributed by atoms with van der Waals surface area (Å²) in [7, 11) is 0. The molecule has 0 saturated heterocycles. The highest BCUT2D eigenvalue weighted by Crippen LogP contribution is 2.25. The Kier molecular flexibility index (Phi) is 6.40. The Morgan fingerprint density at radius 3 is 2.33 bits per heavy atom. The van der Waals surface area contributed by atoms with Crippen molar-refractivity contribution in [1.29, 1.82) is 0 Å². The number of alkyl halides is 3. The molecule has 3 rings (SSSR count). The van der Waals surface area contributed by atoms with Crippen molar-refractivity contribution in [2.45, 2.75) is 25.6 Å². The Bertz CT molecular complexity index is 1060. The molecule has 30 heavy (non-hydrogen) atoms. The summed E-state index contributed by atoms with van der Waals surface area (Å²) in [5.41, 5.74) is 2.38. The molecular formula is C23H20F3NO3. The molecule has 3 aromatic rings. The van der Waals surface area contributed by atoms with Crippen molar-refractivity contribution in [3.8, 4) is 11.1 Å². The van der Waals surface area contributed by atoms with Crippen molar-refractivity contribution in [1.82, 2.24) is 5.32 Å². The number of halogens is 3. The lowest BCUT2D eigenvalue weighted by atomic mass is 9.97. The maximum atomic E-state index is 12.6. The zero-order valence-electron chi connectivity index (χ0n) is 16.2. The lowest BCUT2D eigenvalue weighted by Crippen LogP contribution is -2.48. The van der Waals surface area contributed by atoms with Gasteiger partial charge in [-0.25, -0.2) is 4.79 Å². The monoisotopic (exact) mass is 415 g/mol. The van der Waals surface area contributed by atoms with Crippen LogP contribution in [-0.4, -0.2) is 30.7 Å². The lowest BCUT2D eigenvalue weighted by Gasteiger charge is -2.18. The van der Waals surface area contributed by atoms with Crippen LogP contribution in [0.25, 0.3) is 21.9 Å². The van der Waals surface area contributed by atoms with E-state index in [1.165, 1.54) is 0 Å². The van der Waals surface area contributed by atoms with Gasteiger partial charge in [-0.15, -0.1) is 0 Å². The second kappa shape index (κ2) is 8.98. The molecule has 0 aliphatic rings. The molecule has 0 spiro atoms. The normalized spacial score (nSPS) is 12.4. The van der Waals surface area contributed by atoms with Gasteiger partial charge < -0.3 is 10.1 Å². The second-order valence-corrected chi connectivity index (χ2v) is 6.74. The molecule has 4 nitrogen and oxygen atoms in total. The van der Waals surface area contributed by atoms with Crippen molar-refractivity contribution in [3.05, 3.63) is 72.3 Å². The Morgan fingerprint density at radius 2 is 1.63 bits per heavy atom. The van der Waals surface area contributed by atoms with Gasteiger partial charge in [-0.1, -0.05) is 60.7 Å². The van der Waals surface area contributed by atoms with Crippen LogP contribution in [0.5, 0.6) is 0 Å². The summed E-state index contributed by atoms with van der Waals surface area (Å²) in [4.78, 5) is 23.5. The van der Waals surface area contributed by atoms with Gasteiger partial charge in [0.05, 0.1) is 6.61 Å². The first-order valence-corrected chi connectivity index (χ1v) is 9.40. The molecule has 0 aliphatic heterocycles. The Morgan fingerprint density at radius 1 is 0.933 bits per heavy atom. The molecule has 0 aliphatic carbocycles. The fourth-order valence-electron chi connectivity index (χ4n) is 3.16. The van der Waals surface area contributed by atoms with Crippen molar-refractivity contribution in [2.24, 2.45) is 0 Å². The van der Waals surface area contributed by atoms with Gasteiger partial charge in [0.15, 0.2) is 0 Å². The van der Waals surface area contributed by atoms with Crippen LogP contribution < -0.4 is 5.32 Å². The quantitative estimate of drug-likeness (QED) is 0.596. The standard InChI is InChI=1S/C23H20F3NO3/c1-2-30-21(28)20(27-22(29)23(24,25)26)13-15-6-5-9-17(12-15)19-11-10-16-7-3-4-8-18(16)14-19/h3-12,14,20H,2,13H2,1H3,(H,27,29)/t20-/m0/s1. The zero-order valence-corrected chi connectivity index (χ0v) is 16.2. The van der Waals surface area contributed by atoms with Gasteiger partial charge >= 0.3 is 18.1 Å². The number of benzene rings is 3. The maximum Gasteiger partial charge on any atom is 0.471 e. The Balaban J connectivity index is 1.86. The zero-order chi connectivity index (χ0) is 21.7. The predicted octanol–water partition coefficient (Wildman–Crippen LogP) is 4.66. The van der Waals surface area contributed by atoms with Crippen LogP contribution >= 0.6 is 0 Å². The fraction of sp³-hybridized carbons (Fsp3) is 0.217. The minimum absolute atomic E-state index is 0.00560. The minimum atomic E-state index is -5.09. The van der Waals surface area contributed by atoms with Gasteiger partial charge in [-0.05, 0) is 40.5 Å². The SMILES string of the molecule is CCOC(=O)[C@H](Cc1cccc(-c2ccc3ccccc3c2)c1)NC(=O)C(F)(F)F. The highest BCUT2D eigenvalue weighted by molar-refractivity contribution is 5.88. The summed E-state index contributed by atoms with van der Waals surface area (Å²) in [6.07, 6.45) is -5.21. The summed E-state index contributed by atoms with van der Waals surface area (Å²) < 4.78 is 42.8. The van der Waals surface area contributed by atoms with Crippen molar-refractivity contribution in [2.75, 3.05) is 6.61 Å². The topological polar surface area (TPSA) is 55.4 Å². The molecule has 1 N–H and O–H groups in total. The number of nitrogens with one attached hydrogen (secondary N) is 1. The lowest BCUT2D eigenvalue weighted by molar-refractivity contribution is -0.175. The highest BCUT2D eigenvalue weighted by atomic mass is 19.4. The number of fused-ring (bicyclic) bond motifs is 1. The molecule has 0 aromatic heterocycles. The number of hydrogen-bond acceptors (Lipinski definition) is 3. The van der Waals surface area contributed by atoms with E-state index in [-0.39, 0.29) is 13.0 Å². The van der Waals surface area contributed by atoms with Gasteiger partial charge in [0.25, 0.3) is 0 Å². The summed E-state index contributed by atoms with van der Waals surface area (Å²) >= 11 is 0. The molecule has 0 radical (unpaired) electrons. The summed E-state index contributed by atoms with van der Waals surface area (Å²) in [5.74, 6) is -3.09. The Labute approximate surface area is 171 Å². The van der Waals surface area contributed by atoms with Crippen LogP contribution in [-0.2, 0) is 20.7 Å². The highest BCUT2D eigenvalue weighted by Gasteiger charge is 2.41. The van der Waals surface area contributed by atoms with Crippen LogP contribution in [0.1, 0.15) is 12.5 Å². The molecule has 7 heteroatoms. The van der Waals surface area contributed by atoms with Crippen molar-refractivity contribution >= 4 is 22.6 Å². The molecule has 3 aromatic carbocycles. The van der Waals surface area contributed by atoms with Crippen LogP contribution in [0.15, 0.2) is 66.7 Å². The first-order chi connectivity index (χ1) is 14.3. The van der Waals surface area contributed by atoms with Crippen LogP contribution in [0.2, 0.25) is 0 Å². The average Bonchev–Trinajstić information content (AvgIpc) is 2.72. The summed E-state index contributed by atoms with van der Waals surface area (Å²) in [5, 5.41) is 3.88. The molecule has 156 valence electrons. The molecule has 1 amide bonds. The van der Waals surface area contributed by atoms with E-state index in [4.69, 9.17) is 4.74 Å². The smallest absolute Gasteiger partial charge is 0.464 e. The van der Waals surface area contributed by atoms with Crippen LogP contribution in [0, 0.1) is 0 Å². The van der Waals surface area contributed by atoms with Gasteiger partial charge in [0.2, 0.25) is 0 Å². The molecule has 0 bridgehead atoms. The van der Waals surface area contributed by atoms with Gasteiger partial charge in [0, 0.05) is 6.42 Å². The number of esters is 1. The van der Waals surface area contributed by atoms with Crippen molar-refractivity contribution < 1.29 is 27.5 Å². The molecule has 0 unspecified atom stereocenters. The third-order valence-electron chi connectivity index (χ3n) is 4.58. The van der Waals surface area contributed by atoms with E-state index in [0.717, 1.165) is 21.9 Å². The van der Waals surface area contributed by atoms with E-state index in [0.29, 0.717) is 5.56 Å². The first-order valence-electron chi connectivity index (χ1n) is 9.40. The average molecular weight is 415 g/mol. The van der Waals surface area contributed by atoms with E-state index >= 15 is 0 Å². The predicted molar refractivity (Wildman–Crippen MR) is 108 cm³/mol. The van der Waals surface area contributed by atoms with Gasteiger partial charge in [-0.2, -0.15) is 13.2 Å². The number of ether oxygens (including phenoxy) is 1. The second-order valence-electron chi connectivity index (χ2n) is 6.74. The minimum Gasteiger partial charge on any atom is -0.464 e. The Hall–Kier alpha value is -3.35. The summed E-state index contributed by atoms with van der Waals surface area (Å²) in [6.45, 7) is 1.54. The van der Waals surface area contributed by atoms with Gasteiger partial charge in [-0.3, -0.25) is 4.79 Å². The third kappa shape index (κ3) is 5.17. The van der Waals surface area contributed by atoms with E-state index in [9.17, 15) is 22.8 Å². The van der Waals surface area contributed by atoms with E-state index in [1.807, 2.05) is 48.5 Å². The van der Waals surface area contributed by atoms with E-state index < -0.39 is 24.1 Å². The molecule has 1 atom stereocenters. The summed E-state index contributed by atoms with van der Waals surface area (Å²) in [6, 6.07) is 19.5. The number of rotatable bonds is 6. The van der Waals surface area contributed by atoms with E-state index in [2.05, 4.69) is 0 Å². The molecule has 0 heterocycles.